The molecule has 1 aliphatic carbocycles. The number of rotatable bonds is 1. The Morgan fingerprint density at radius 3 is 2.88 bits per heavy atom. The molecule has 0 amide bonds. The Labute approximate surface area is 106 Å². The molecule has 0 aromatic heterocycles. The molecule has 2 heteroatoms. The third kappa shape index (κ3) is 2.53. The van der Waals surface area contributed by atoms with Gasteiger partial charge in [-0.1, -0.05) is 19.8 Å². The average molecular weight is 238 g/mol. The van der Waals surface area contributed by atoms with Crippen molar-refractivity contribution >= 4 is 0 Å². The maximum absolute atomic E-state index is 6.23. The number of piperidine rings is 1. The van der Waals surface area contributed by atoms with Crippen LogP contribution in [0.3, 0.4) is 0 Å². The second kappa shape index (κ2) is 5.27. The Morgan fingerprint density at radius 1 is 1.12 bits per heavy atom. The predicted molar refractivity (Wildman–Crippen MR) is 68.9 cm³/mol. The van der Waals surface area contributed by atoms with Crippen molar-refractivity contribution in [1.82, 2.24) is 0 Å². The highest BCUT2D eigenvalue weighted by Gasteiger charge is 2.39. The topological polar surface area (TPSA) is 13.7 Å². The second-order valence-electron chi connectivity index (χ2n) is 6.54. The van der Waals surface area contributed by atoms with E-state index < -0.39 is 0 Å². The summed E-state index contributed by atoms with van der Waals surface area (Å²) in [5.74, 6) is 1.86. The Balaban J connectivity index is 1.65. The molecule has 2 saturated heterocycles. The minimum absolute atomic E-state index is 0.613. The molecule has 98 valence electrons. The third-order valence-electron chi connectivity index (χ3n) is 5.54. The average Bonchev–Trinajstić information content (AvgIpc) is 2.57. The summed E-state index contributed by atoms with van der Waals surface area (Å²) in [7, 11) is 0. The van der Waals surface area contributed by atoms with Crippen molar-refractivity contribution in [3.05, 3.63) is 0 Å². The van der Waals surface area contributed by atoms with Crippen molar-refractivity contribution in [2.24, 2.45) is 11.8 Å². The Bertz CT molecular complexity index is 255. The van der Waals surface area contributed by atoms with Crippen LogP contribution in [0.25, 0.3) is 0 Å². The summed E-state index contributed by atoms with van der Waals surface area (Å²) in [5.41, 5.74) is 0. The van der Waals surface area contributed by atoms with Gasteiger partial charge in [-0.2, -0.15) is 0 Å². The molecule has 1 saturated carbocycles. The molecule has 0 aromatic rings. The molecule has 2 aliphatic heterocycles. The number of ether oxygens (including phenoxy) is 1. The van der Waals surface area contributed by atoms with Gasteiger partial charge in [0.05, 0.1) is 18.7 Å². The van der Waals surface area contributed by atoms with Crippen molar-refractivity contribution in [1.29, 1.82) is 0 Å². The van der Waals surface area contributed by atoms with Crippen LogP contribution in [0.4, 0.5) is 0 Å². The van der Waals surface area contributed by atoms with Gasteiger partial charge in [-0.3, -0.25) is 0 Å². The van der Waals surface area contributed by atoms with Crippen LogP contribution < -0.4 is 4.90 Å². The van der Waals surface area contributed by atoms with Gasteiger partial charge in [0.25, 0.3) is 0 Å². The Morgan fingerprint density at radius 2 is 2.00 bits per heavy atom. The summed E-state index contributed by atoms with van der Waals surface area (Å²) in [6.45, 7) is 4.73. The van der Waals surface area contributed by atoms with Gasteiger partial charge in [0.2, 0.25) is 0 Å². The van der Waals surface area contributed by atoms with E-state index in [1.165, 1.54) is 57.9 Å². The number of hydrogen-bond donors (Lipinski definition) is 1. The molecular formula is C15H28NO+. The van der Waals surface area contributed by atoms with Crippen molar-refractivity contribution in [3.63, 3.8) is 0 Å². The molecule has 3 fully saturated rings. The molecule has 2 nitrogen and oxygen atoms in total. The zero-order valence-corrected chi connectivity index (χ0v) is 11.3. The smallest absolute Gasteiger partial charge is 0.182 e. The van der Waals surface area contributed by atoms with Gasteiger partial charge in [0.1, 0.15) is 0 Å². The fraction of sp³-hybridized carbons (Fsp3) is 1.00. The van der Waals surface area contributed by atoms with Crippen LogP contribution in [0, 0.1) is 11.8 Å². The first-order valence-corrected chi connectivity index (χ1v) is 7.83. The Kier molecular flexibility index (Phi) is 3.72. The second-order valence-corrected chi connectivity index (χ2v) is 6.54. The lowest BCUT2D eigenvalue weighted by Gasteiger charge is -2.35. The zero-order valence-electron chi connectivity index (χ0n) is 11.3. The molecule has 0 radical (unpaired) electrons. The molecule has 5 atom stereocenters. The van der Waals surface area contributed by atoms with E-state index >= 15 is 0 Å². The summed E-state index contributed by atoms with van der Waals surface area (Å²) in [5, 5.41) is 0. The van der Waals surface area contributed by atoms with E-state index in [0.29, 0.717) is 6.10 Å². The van der Waals surface area contributed by atoms with E-state index in [4.69, 9.17) is 4.74 Å². The van der Waals surface area contributed by atoms with Crippen LogP contribution in [-0.2, 0) is 4.74 Å². The summed E-state index contributed by atoms with van der Waals surface area (Å²) in [6, 6.07) is 0.922. The van der Waals surface area contributed by atoms with Crippen molar-refractivity contribution in [2.75, 3.05) is 13.3 Å². The summed E-state index contributed by atoms with van der Waals surface area (Å²) >= 11 is 0. The first kappa shape index (κ1) is 12.0. The number of fused-ring (bicyclic) bond motifs is 2. The van der Waals surface area contributed by atoms with Gasteiger partial charge in [0, 0.05) is 12.3 Å². The molecule has 2 heterocycles. The van der Waals surface area contributed by atoms with E-state index in [9.17, 15) is 0 Å². The summed E-state index contributed by atoms with van der Waals surface area (Å²) < 4.78 is 6.23. The molecular weight excluding hydrogens is 210 g/mol. The van der Waals surface area contributed by atoms with Gasteiger partial charge < -0.3 is 9.64 Å². The Hall–Kier alpha value is -0.0800. The predicted octanol–water partition coefficient (Wildman–Crippen LogP) is 2.00. The highest BCUT2D eigenvalue weighted by Crippen LogP contribution is 2.32. The normalized spacial score (nSPS) is 46.8. The molecule has 17 heavy (non-hydrogen) atoms. The van der Waals surface area contributed by atoms with Gasteiger partial charge in [0.15, 0.2) is 6.73 Å². The van der Waals surface area contributed by atoms with Gasteiger partial charge in [-0.15, -0.1) is 0 Å². The minimum Gasteiger partial charge on any atom is -0.328 e. The highest BCUT2D eigenvalue weighted by molar-refractivity contribution is 4.81. The molecule has 0 aromatic carbocycles. The maximum Gasteiger partial charge on any atom is 0.182 e. The first-order chi connectivity index (χ1) is 8.36. The molecule has 1 unspecified atom stereocenters. The first-order valence-electron chi connectivity index (χ1n) is 7.83. The molecule has 0 spiro atoms. The lowest BCUT2D eigenvalue weighted by Crippen LogP contribution is -3.17. The van der Waals surface area contributed by atoms with Crippen LogP contribution in [0.2, 0.25) is 0 Å². The van der Waals surface area contributed by atoms with E-state index in [2.05, 4.69) is 6.92 Å². The molecule has 3 rings (SSSR count). The van der Waals surface area contributed by atoms with Crippen molar-refractivity contribution < 1.29 is 9.64 Å². The van der Waals surface area contributed by atoms with Crippen LogP contribution in [0.15, 0.2) is 0 Å². The van der Waals surface area contributed by atoms with E-state index in [-0.39, 0.29) is 0 Å². The standard InChI is InChI=1S/C15H27NO/c1-2-12-7-8-14-9-13-5-3-4-6-15(13)17-11-16(14)10-12/h12-15H,2-11H2,1H3/p+1/t12-,13-,14-,15+/m1/s1. The monoisotopic (exact) mass is 238 g/mol. The molecule has 1 N–H and O–H groups in total. The minimum atomic E-state index is 0.613. The number of nitrogens with one attached hydrogen (secondary N) is 1. The maximum atomic E-state index is 6.23. The lowest BCUT2D eigenvalue weighted by atomic mass is 9.80. The van der Waals surface area contributed by atoms with Gasteiger partial charge in [-0.25, -0.2) is 0 Å². The van der Waals surface area contributed by atoms with Crippen LogP contribution in [0.5, 0.6) is 0 Å². The van der Waals surface area contributed by atoms with E-state index in [1.54, 1.807) is 4.90 Å². The molecule has 3 aliphatic rings. The fourth-order valence-corrected chi connectivity index (χ4v) is 4.33. The highest BCUT2D eigenvalue weighted by atomic mass is 16.5. The van der Waals surface area contributed by atoms with Crippen LogP contribution in [0.1, 0.15) is 58.3 Å². The SMILES string of the molecule is CC[C@@H]1CC[C@@H]2C[C@H]3CCCC[C@@H]3OC[NH+]2C1. The van der Waals surface area contributed by atoms with Crippen LogP contribution >= 0.6 is 0 Å². The fourth-order valence-electron chi connectivity index (χ4n) is 4.33. The van der Waals surface area contributed by atoms with E-state index in [0.717, 1.165) is 24.6 Å². The van der Waals surface area contributed by atoms with Crippen LogP contribution in [-0.4, -0.2) is 25.4 Å². The third-order valence-corrected chi connectivity index (χ3v) is 5.54. The van der Waals surface area contributed by atoms with Gasteiger partial charge >= 0.3 is 0 Å². The van der Waals surface area contributed by atoms with Crippen molar-refractivity contribution in [3.8, 4) is 0 Å². The molecule has 0 bridgehead atoms. The van der Waals surface area contributed by atoms with Gasteiger partial charge in [-0.05, 0) is 38.0 Å². The summed E-state index contributed by atoms with van der Waals surface area (Å²) in [4.78, 5) is 1.78. The van der Waals surface area contributed by atoms with Crippen molar-refractivity contribution in [2.45, 2.75) is 70.4 Å². The number of quaternary nitrogens is 1. The lowest BCUT2D eigenvalue weighted by molar-refractivity contribution is -0.951. The quantitative estimate of drug-likeness (QED) is 0.737. The largest absolute Gasteiger partial charge is 0.328 e. The van der Waals surface area contributed by atoms with E-state index in [1.807, 2.05) is 0 Å². The zero-order chi connectivity index (χ0) is 11.7. The summed E-state index contributed by atoms with van der Waals surface area (Å²) in [6.07, 6.45) is 12.0. The number of hydrogen-bond acceptors (Lipinski definition) is 1.